The molecule has 1 saturated carbocycles. The highest BCUT2D eigenvalue weighted by Crippen LogP contribution is 2.33. The van der Waals surface area contributed by atoms with Gasteiger partial charge < -0.3 is 23.7 Å². The molecule has 2 aromatic rings. The topological polar surface area (TPSA) is 72.2 Å². The minimum atomic E-state index is -0.0695. The molecule has 1 aromatic carbocycles. The predicted molar refractivity (Wildman–Crippen MR) is 133 cm³/mol. The zero-order chi connectivity index (χ0) is 24.6. The zero-order valence-corrected chi connectivity index (χ0v) is 21.1. The minimum Gasteiger partial charge on any atom is -0.464 e. The van der Waals surface area contributed by atoms with E-state index in [0.717, 1.165) is 42.8 Å². The van der Waals surface area contributed by atoms with Gasteiger partial charge in [-0.3, -0.25) is 9.59 Å². The summed E-state index contributed by atoms with van der Waals surface area (Å²) in [7, 11) is 0. The molecule has 7 nitrogen and oxygen atoms in total. The molecule has 4 rings (SSSR count). The number of carbonyl (C=O) groups is 2. The third-order valence-electron chi connectivity index (χ3n) is 6.66. The van der Waals surface area contributed by atoms with Crippen LogP contribution in [0.5, 0.6) is 11.5 Å². The van der Waals surface area contributed by atoms with Crippen LogP contribution in [0.3, 0.4) is 0 Å². The minimum absolute atomic E-state index is 0.0695. The van der Waals surface area contributed by atoms with Gasteiger partial charge in [0.2, 0.25) is 18.6 Å². The maximum Gasteiger partial charge on any atom is 0.242 e. The number of amides is 2. The van der Waals surface area contributed by atoms with E-state index in [2.05, 4.69) is 6.92 Å². The van der Waals surface area contributed by atoms with E-state index in [1.807, 2.05) is 42.2 Å². The number of furan rings is 1. The first-order valence-corrected chi connectivity index (χ1v) is 13.0. The van der Waals surface area contributed by atoms with Crippen molar-refractivity contribution in [1.82, 2.24) is 9.80 Å². The Bertz CT molecular complexity index is 997. The van der Waals surface area contributed by atoms with Crippen LogP contribution in [0.15, 0.2) is 34.7 Å². The lowest BCUT2D eigenvalue weighted by molar-refractivity contribution is -0.142. The molecule has 0 bridgehead atoms. The van der Waals surface area contributed by atoms with Crippen molar-refractivity contribution in [2.75, 3.05) is 13.3 Å². The monoisotopic (exact) mass is 482 g/mol. The number of hydrogen-bond donors (Lipinski definition) is 0. The first-order chi connectivity index (χ1) is 17.0. The number of fused-ring (bicyclic) bond motifs is 1. The summed E-state index contributed by atoms with van der Waals surface area (Å²) in [5.41, 5.74) is 0.947. The highest BCUT2D eigenvalue weighted by molar-refractivity contribution is 5.85. The molecule has 1 aliphatic carbocycles. The third kappa shape index (κ3) is 7.26. The summed E-state index contributed by atoms with van der Waals surface area (Å²) < 4.78 is 16.7. The van der Waals surface area contributed by atoms with Crippen LogP contribution in [0, 0.1) is 6.92 Å². The predicted octanol–water partition coefficient (Wildman–Crippen LogP) is 5.59. The van der Waals surface area contributed by atoms with Gasteiger partial charge in [0.1, 0.15) is 18.1 Å². The summed E-state index contributed by atoms with van der Waals surface area (Å²) in [5, 5.41) is 0. The fourth-order valence-corrected chi connectivity index (χ4v) is 4.50. The van der Waals surface area contributed by atoms with Crippen molar-refractivity contribution >= 4 is 11.8 Å². The van der Waals surface area contributed by atoms with E-state index >= 15 is 0 Å². The van der Waals surface area contributed by atoms with Gasteiger partial charge in [0.05, 0.1) is 6.54 Å². The lowest BCUT2D eigenvalue weighted by atomic mass is 10.1. The van der Waals surface area contributed by atoms with E-state index in [1.165, 1.54) is 25.7 Å². The molecule has 2 aliphatic rings. The Morgan fingerprint density at radius 2 is 1.69 bits per heavy atom. The number of nitrogens with zero attached hydrogens (tertiary/aromatic N) is 2. The molecular formula is C28H38N2O5. The Morgan fingerprint density at radius 1 is 0.914 bits per heavy atom. The lowest BCUT2D eigenvalue weighted by Gasteiger charge is -2.27. The van der Waals surface area contributed by atoms with Crippen molar-refractivity contribution in [2.45, 2.75) is 90.8 Å². The Labute approximate surface area is 208 Å². The second-order valence-electron chi connectivity index (χ2n) is 9.72. The highest BCUT2D eigenvalue weighted by Gasteiger charge is 2.34. The number of unbranched alkanes of at least 4 members (excludes halogenated alkanes) is 5. The Morgan fingerprint density at radius 3 is 2.43 bits per heavy atom. The van der Waals surface area contributed by atoms with Gasteiger partial charge in [0.15, 0.2) is 11.5 Å². The third-order valence-corrected chi connectivity index (χ3v) is 6.66. The quantitative estimate of drug-likeness (QED) is 0.328. The number of hydrogen-bond acceptors (Lipinski definition) is 5. The zero-order valence-electron chi connectivity index (χ0n) is 21.1. The van der Waals surface area contributed by atoms with Crippen molar-refractivity contribution in [3.63, 3.8) is 0 Å². The molecule has 0 radical (unpaired) electrons. The highest BCUT2D eigenvalue weighted by atomic mass is 16.7. The van der Waals surface area contributed by atoms with Crippen LogP contribution in [-0.4, -0.2) is 41.0 Å². The molecule has 0 N–H and O–H groups in total. The van der Waals surface area contributed by atoms with Crippen molar-refractivity contribution in [3.8, 4) is 11.5 Å². The molecule has 1 aromatic heterocycles. The van der Waals surface area contributed by atoms with E-state index in [0.29, 0.717) is 31.0 Å². The van der Waals surface area contributed by atoms with Crippen molar-refractivity contribution in [3.05, 3.63) is 47.4 Å². The molecule has 0 unspecified atom stereocenters. The van der Waals surface area contributed by atoms with Crippen LogP contribution in [0.1, 0.15) is 81.8 Å². The second kappa shape index (κ2) is 12.1. The molecule has 2 amide bonds. The average molecular weight is 483 g/mol. The maximum absolute atomic E-state index is 13.5. The molecule has 190 valence electrons. The number of ether oxygens (including phenoxy) is 2. The van der Waals surface area contributed by atoms with Gasteiger partial charge in [-0.25, -0.2) is 0 Å². The molecular weight excluding hydrogens is 444 g/mol. The molecule has 7 heteroatoms. The van der Waals surface area contributed by atoms with Crippen LogP contribution >= 0.6 is 0 Å². The summed E-state index contributed by atoms with van der Waals surface area (Å²) in [6.45, 7) is 5.18. The lowest BCUT2D eigenvalue weighted by Crippen LogP contribution is -2.43. The number of aryl methyl sites for hydroxylation is 1. The average Bonchev–Trinajstić information content (AvgIpc) is 3.44. The van der Waals surface area contributed by atoms with Crippen molar-refractivity contribution in [2.24, 2.45) is 0 Å². The first kappa shape index (κ1) is 25.1. The Kier molecular flexibility index (Phi) is 8.72. The van der Waals surface area contributed by atoms with Gasteiger partial charge in [-0.15, -0.1) is 0 Å². The smallest absolute Gasteiger partial charge is 0.242 e. The second-order valence-corrected chi connectivity index (χ2v) is 9.72. The van der Waals surface area contributed by atoms with E-state index in [1.54, 1.807) is 4.90 Å². The maximum atomic E-state index is 13.5. The summed E-state index contributed by atoms with van der Waals surface area (Å²) in [5.74, 6) is 2.98. The van der Waals surface area contributed by atoms with E-state index in [-0.39, 0.29) is 31.2 Å². The molecule has 1 fully saturated rings. The van der Waals surface area contributed by atoms with E-state index in [9.17, 15) is 9.59 Å². The van der Waals surface area contributed by atoms with Crippen LogP contribution in [0.4, 0.5) is 0 Å². The molecule has 35 heavy (non-hydrogen) atoms. The van der Waals surface area contributed by atoms with Crippen LogP contribution in [0.25, 0.3) is 0 Å². The van der Waals surface area contributed by atoms with Crippen molar-refractivity contribution in [1.29, 1.82) is 0 Å². The molecule has 0 saturated heterocycles. The van der Waals surface area contributed by atoms with Gasteiger partial charge in [-0.2, -0.15) is 0 Å². The number of carbonyl (C=O) groups excluding carboxylic acids is 2. The van der Waals surface area contributed by atoms with Gasteiger partial charge in [0, 0.05) is 19.0 Å². The summed E-state index contributed by atoms with van der Waals surface area (Å²) in [6.07, 6.45) is 9.34. The fourth-order valence-electron chi connectivity index (χ4n) is 4.50. The van der Waals surface area contributed by atoms with Crippen LogP contribution < -0.4 is 9.47 Å². The van der Waals surface area contributed by atoms with Gasteiger partial charge in [-0.1, -0.05) is 45.1 Å². The molecule has 0 atom stereocenters. The largest absolute Gasteiger partial charge is 0.464 e. The molecule has 2 heterocycles. The SMILES string of the molecule is CCCCCCCCC(=O)N(CC(=O)N(Cc1ccc2c(c1)OCO2)Cc1ccc(C)o1)C1CC1. The van der Waals surface area contributed by atoms with Crippen molar-refractivity contribution < 1.29 is 23.5 Å². The van der Waals surface area contributed by atoms with Gasteiger partial charge >= 0.3 is 0 Å². The van der Waals surface area contributed by atoms with Crippen LogP contribution in [0.2, 0.25) is 0 Å². The number of benzene rings is 1. The Hall–Kier alpha value is -2.96. The van der Waals surface area contributed by atoms with Crippen LogP contribution in [-0.2, 0) is 22.7 Å². The number of rotatable bonds is 14. The first-order valence-electron chi connectivity index (χ1n) is 13.0. The molecule has 1 aliphatic heterocycles. The van der Waals surface area contributed by atoms with E-state index < -0.39 is 0 Å². The standard InChI is InChI=1S/C28H38N2O5/c1-3-4-5-6-7-8-9-27(31)30(23-12-13-23)19-28(32)29(18-24-14-10-21(2)35-24)17-22-11-15-25-26(16-22)34-20-33-25/h10-11,14-16,23H,3-9,12-13,17-20H2,1-2H3. The summed E-state index contributed by atoms with van der Waals surface area (Å²) in [6, 6.07) is 9.74. The Balaban J connectivity index is 1.39. The fraction of sp³-hybridized carbons (Fsp3) is 0.571. The molecule has 0 spiro atoms. The van der Waals surface area contributed by atoms with E-state index in [4.69, 9.17) is 13.9 Å². The van der Waals surface area contributed by atoms with Gasteiger partial charge in [0.25, 0.3) is 0 Å². The summed E-state index contributed by atoms with van der Waals surface area (Å²) >= 11 is 0. The van der Waals surface area contributed by atoms with Gasteiger partial charge in [-0.05, 0) is 56.0 Å². The normalized spacial score (nSPS) is 14.2. The summed E-state index contributed by atoms with van der Waals surface area (Å²) in [4.78, 5) is 30.1.